The molecule has 0 saturated heterocycles. The van der Waals surface area contributed by atoms with Crippen molar-refractivity contribution in [2.45, 2.75) is 39.2 Å². The van der Waals surface area contributed by atoms with E-state index in [0.717, 1.165) is 17.7 Å². The quantitative estimate of drug-likeness (QED) is 0.695. The molecule has 1 aromatic carbocycles. The van der Waals surface area contributed by atoms with E-state index in [0.29, 0.717) is 13.0 Å². The van der Waals surface area contributed by atoms with Crippen LogP contribution in [-0.4, -0.2) is 25.1 Å². The van der Waals surface area contributed by atoms with Crippen molar-refractivity contribution in [1.82, 2.24) is 0 Å². The molecule has 1 rings (SSSR count). The smallest absolute Gasteiger partial charge is 0.162 e. The molecule has 0 fully saturated rings. The maximum atomic E-state index is 12.0. The van der Waals surface area contributed by atoms with Crippen LogP contribution in [0.2, 0.25) is 0 Å². The Hall–Kier alpha value is -1.35. The number of carbonyl (C=O) groups excluding carboxylic acids is 1. The predicted molar refractivity (Wildman–Crippen MR) is 72.3 cm³/mol. The minimum absolute atomic E-state index is 0.142. The van der Waals surface area contributed by atoms with E-state index in [9.17, 15) is 4.79 Å². The average Bonchev–Trinajstić information content (AvgIpc) is 2.37. The molecule has 100 valence electrons. The van der Waals surface area contributed by atoms with E-state index in [-0.39, 0.29) is 11.4 Å². The van der Waals surface area contributed by atoms with Gasteiger partial charge in [-0.1, -0.05) is 0 Å². The summed E-state index contributed by atoms with van der Waals surface area (Å²) < 4.78 is 10.6. The number of ketones is 1. The third-order valence-electron chi connectivity index (χ3n) is 2.99. The monoisotopic (exact) mass is 250 g/mol. The van der Waals surface area contributed by atoms with Crippen LogP contribution in [-0.2, 0) is 4.74 Å². The van der Waals surface area contributed by atoms with E-state index in [1.165, 1.54) is 0 Å². The molecule has 3 heteroatoms. The molecule has 0 bridgehead atoms. The van der Waals surface area contributed by atoms with Crippen molar-refractivity contribution in [3.05, 3.63) is 29.8 Å². The Balaban J connectivity index is 2.56. The Morgan fingerprint density at radius 2 is 1.83 bits per heavy atom. The summed E-state index contributed by atoms with van der Waals surface area (Å²) in [5, 5.41) is 0. The summed E-state index contributed by atoms with van der Waals surface area (Å²) in [7, 11) is 1.67. The topological polar surface area (TPSA) is 35.5 Å². The summed E-state index contributed by atoms with van der Waals surface area (Å²) in [5.41, 5.74) is 0.478. The van der Waals surface area contributed by atoms with Gasteiger partial charge in [-0.3, -0.25) is 4.79 Å². The normalized spacial score (nSPS) is 11.3. The van der Waals surface area contributed by atoms with Gasteiger partial charge in [0, 0.05) is 19.1 Å². The first-order chi connectivity index (χ1) is 8.48. The summed E-state index contributed by atoms with van der Waals surface area (Å²) in [6, 6.07) is 7.29. The Morgan fingerprint density at radius 1 is 1.22 bits per heavy atom. The largest absolute Gasteiger partial charge is 0.494 e. The van der Waals surface area contributed by atoms with Gasteiger partial charge in [0.25, 0.3) is 0 Å². The van der Waals surface area contributed by atoms with Crippen molar-refractivity contribution in [2.24, 2.45) is 0 Å². The van der Waals surface area contributed by atoms with Gasteiger partial charge in [-0.15, -0.1) is 0 Å². The predicted octanol–water partition coefficient (Wildman–Crippen LogP) is 3.47. The second kappa shape index (κ2) is 6.55. The number of carbonyl (C=O) groups is 1. The van der Waals surface area contributed by atoms with Crippen LogP contribution < -0.4 is 4.74 Å². The molecule has 0 aliphatic carbocycles. The van der Waals surface area contributed by atoms with Crippen LogP contribution in [0.25, 0.3) is 0 Å². The van der Waals surface area contributed by atoms with Crippen LogP contribution in [0.3, 0.4) is 0 Å². The standard InChI is InChI=1S/C15H22O3/c1-5-18-13-8-6-12(7-9-13)14(16)10-11-15(2,3)17-4/h6-9H,5,10-11H2,1-4H3. The molecule has 0 unspecified atom stereocenters. The van der Waals surface area contributed by atoms with Crippen molar-refractivity contribution in [3.63, 3.8) is 0 Å². The molecule has 0 amide bonds. The van der Waals surface area contributed by atoms with Crippen LogP contribution in [0.15, 0.2) is 24.3 Å². The van der Waals surface area contributed by atoms with Crippen LogP contribution in [0.4, 0.5) is 0 Å². The lowest BCUT2D eigenvalue weighted by Gasteiger charge is -2.22. The van der Waals surface area contributed by atoms with E-state index < -0.39 is 0 Å². The number of ether oxygens (including phenoxy) is 2. The second-order valence-corrected chi connectivity index (χ2v) is 4.84. The zero-order valence-corrected chi connectivity index (χ0v) is 11.7. The zero-order chi connectivity index (χ0) is 13.6. The van der Waals surface area contributed by atoms with Gasteiger partial charge in [0.1, 0.15) is 5.75 Å². The van der Waals surface area contributed by atoms with E-state index in [2.05, 4.69) is 0 Å². The number of hydrogen-bond acceptors (Lipinski definition) is 3. The summed E-state index contributed by atoms with van der Waals surface area (Å²) >= 11 is 0. The Morgan fingerprint density at radius 3 is 2.33 bits per heavy atom. The minimum Gasteiger partial charge on any atom is -0.494 e. The zero-order valence-electron chi connectivity index (χ0n) is 11.7. The molecule has 1 aromatic rings. The molecule has 0 heterocycles. The molecule has 0 saturated carbocycles. The van der Waals surface area contributed by atoms with Gasteiger partial charge in [-0.25, -0.2) is 0 Å². The van der Waals surface area contributed by atoms with E-state index in [4.69, 9.17) is 9.47 Å². The van der Waals surface area contributed by atoms with Gasteiger partial charge >= 0.3 is 0 Å². The number of hydrogen-bond donors (Lipinski definition) is 0. The van der Waals surface area contributed by atoms with Gasteiger partial charge in [-0.05, 0) is 51.5 Å². The molecule has 0 spiro atoms. The van der Waals surface area contributed by atoms with Crippen molar-refractivity contribution < 1.29 is 14.3 Å². The highest BCUT2D eigenvalue weighted by Crippen LogP contribution is 2.19. The lowest BCUT2D eigenvalue weighted by molar-refractivity contribution is 0.0141. The number of methoxy groups -OCH3 is 1. The molecular formula is C15H22O3. The Kier molecular flexibility index (Phi) is 5.35. The van der Waals surface area contributed by atoms with E-state index in [1.54, 1.807) is 7.11 Å². The first-order valence-electron chi connectivity index (χ1n) is 6.29. The molecule has 0 aliphatic rings. The second-order valence-electron chi connectivity index (χ2n) is 4.84. The molecule has 18 heavy (non-hydrogen) atoms. The Bertz CT molecular complexity index is 379. The lowest BCUT2D eigenvalue weighted by Crippen LogP contribution is -2.23. The maximum absolute atomic E-state index is 12.0. The highest BCUT2D eigenvalue weighted by Gasteiger charge is 2.18. The van der Waals surface area contributed by atoms with Crippen molar-refractivity contribution in [2.75, 3.05) is 13.7 Å². The summed E-state index contributed by atoms with van der Waals surface area (Å²) in [4.78, 5) is 12.0. The van der Waals surface area contributed by atoms with Gasteiger partial charge in [0.2, 0.25) is 0 Å². The van der Waals surface area contributed by atoms with Crippen molar-refractivity contribution in [3.8, 4) is 5.75 Å². The molecule has 0 aromatic heterocycles. The maximum Gasteiger partial charge on any atom is 0.162 e. The highest BCUT2D eigenvalue weighted by atomic mass is 16.5. The van der Waals surface area contributed by atoms with Gasteiger partial charge in [0.05, 0.1) is 12.2 Å². The third-order valence-corrected chi connectivity index (χ3v) is 2.99. The molecule has 0 aliphatic heterocycles. The first-order valence-corrected chi connectivity index (χ1v) is 6.29. The van der Waals surface area contributed by atoms with Gasteiger partial charge in [-0.2, -0.15) is 0 Å². The van der Waals surface area contributed by atoms with E-state index >= 15 is 0 Å². The van der Waals surface area contributed by atoms with Crippen molar-refractivity contribution >= 4 is 5.78 Å². The fourth-order valence-corrected chi connectivity index (χ4v) is 1.56. The highest BCUT2D eigenvalue weighted by molar-refractivity contribution is 5.96. The van der Waals surface area contributed by atoms with Crippen molar-refractivity contribution in [1.29, 1.82) is 0 Å². The lowest BCUT2D eigenvalue weighted by atomic mass is 9.98. The fourth-order valence-electron chi connectivity index (χ4n) is 1.56. The molecule has 0 radical (unpaired) electrons. The average molecular weight is 250 g/mol. The first kappa shape index (κ1) is 14.7. The number of Topliss-reactive ketones (excluding diaryl/α,β-unsaturated/α-hetero) is 1. The number of rotatable bonds is 7. The molecule has 0 atom stereocenters. The van der Waals surface area contributed by atoms with Crippen LogP contribution in [0.5, 0.6) is 5.75 Å². The molecule has 3 nitrogen and oxygen atoms in total. The fraction of sp³-hybridized carbons (Fsp3) is 0.533. The minimum atomic E-state index is -0.249. The van der Waals surface area contributed by atoms with Gasteiger partial charge < -0.3 is 9.47 Å². The Labute approximate surface area is 109 Å². The van der Waals surface area contributed by atoms with E-state index in [1.807, 2.05) is 45.0 Å². The van der Waals surface area contributed by atoms with Crippen LogP contribution in [0.1, 0.15) is 44.0 Å². The van der Waals surface area contributed by atoms with Gasteiger partial charge in [0.15, 0.2) is 5.78 Å². The summed E-state index contributed by atoms with van der Waals surface area (Å²) in [6.45, 7) is 6.54. The summed E-state index contributed by atoms with van der Waals surface area (Å²) in [6.07, 6.45) is 1.21. The van der Waals surface area contributed by atoms with Crippen LogP contribution >= 0.6 is 0 Å². The van der Waals surface area contributed by atoms with Crippen LogP contribution in [0, 0.1) is 0 Å². The molecule has 0 N–H and O–H groups in total. The molecular weight excluding hydrogens is 228 g/mol. The SMILES string of the molecule is CCOc1ccc(C(=O)CCC(C)(C)OC)cc1. The third kappa shape index (κ3) is 4.49. The summed E-state index contributed by atoms with van der Waals surface area (Å²) in [5.74, 6) is 0.939. The number of benzene rings is 1.